The van der Waals surface area contributed by atoms with E-state index in [1.807, 2.05) is 20.8 Å². The van der Waals surface area contributed by atoms with Crippen molar-refractivity contribution in [2.24, 2.45) is 0 Å². The van der Waals surface area contributed by atoms with Gasteiger partial charge in [0.1, 0.15) is 5.76 Å². The summed E-state index contributed by atoms with van der Waals surface area (Å²) in [5, 5.41) is 3.88. The molecule has 5 nitrogen and oxygen atoms in total. The first-order valence-electron chi connectivity index (χ1n) is 5.66. The molecule has 0 aliphatic carbocycles. The standard InChI is InChI=1S/C11H16Cl3N3O2S/c1-10(2,3)7-6-8(15-19-7)17(9(18)16(4)5)20-11(12,13)14/h6H,1-5H3. The summed E-state index contributed by atoms with van der Waals surface area (Å²) in [4.78, 5) is 13.5. The highest BCUT2D eigenvalue weighted by Gasteiger charge is 2.33. The van der Waals surface area contributed by atoms with Crippen molar-refractivity contribution in [2.45, 2.75) is 29.3 Å². The van der Waals surface area contributed by atoms with E-state index in [9.17, 15) is 4.79 Å². The van der Waals surface area contributed by atoms with Gasteiger partial charge in [-0.25, -0.2) is 9.10 Å². The second kappa shape index (κ2) is 6.22. The molecule has 0 bridgehead atoms. The molecule has 2 amide bonds. The number of alkyl halides is 3. The zero-order valence-corrected chi connectivity index (χ0v) is 14.9. The van der Waals surface area contributed by atoms with Gasteiger partial charge in [-0.1, -0.05) is 60.7 Å². The number of aromatic nitrogens is 1. The number of anilines is 1. The molecule has 0 saturated heterocycles. The normalized spacial score (nSPS) is 12.4. The van der Waals surface area contributed by atoms with Crippen molar-refractivity contribution < 1.29 is 9.32 Å². The van der Waals surface area contributed by atoms with Crippen LogP contribution in [-0.4, -0.2) is 33.3 Å². The molecule has 0 N–H and O–H groups in total. The minimum atomic E-state index is -1.69. The zero-order valence-electron chi connectivity index (χ0n) is 11.8. The number of halogens is 3. The van der Waals surface area contributed by atoms with E-state index in [1.54, 1.807) is 20.2 Å². The van der Waals surface area contributed by atoms with Crippen LogP contribution in [-0.2, 0) is 5.41 Å². The maximum absolute atomic E-state index is 12.2. The van der Waals surface area contributed by atoms with Crippen LogP contribution < -0.4 is 4.31 Å². The van der Waals surface area contributed by atoms with Crippen LogP contribution in [0.25, 0.3) is 0 Å². The summed E-state index contributed by atoms with van der Waals surface area (Å²) in [5.41, 5.74) is -0.233. The van der Waals surface area contributed by atoms with E-state index >= 15 is 0 Å². The van der Waals surface area contributed by atoms with Gasteiger partial charge in [0.05, 0.1) is 0 Å². The van der Waals surface area contributed by atoms with Crippen molar-refractivity contribution in [1.29, 1.82) is 0 Å². The fraction of sp³-hybridized carbons (Fsp3) is 0.636. The van der Waals surface area contributed by atoms with Crippen LogP contribution >= 0.6 is 46.8 Å². The number of carbonyl (C=O) groups excluding carboxylic acids is 1. The first kappa shape index (κ1) is 17.8. The third-order valence-corrected chi connectivity index (χ3v) is 3.55. The molecular formula is C11H16Cl3N3O2S. The zero-order chi connectivity index (χ0) is 15.7. The molecule has 0 aliphatic rings. The molecule has 1 aromatic heterocycles. The quantitative estimate of drug-likeness (QED) is 0.578. The SMILES string of the molecule is CN(C)C(=O)N(SC(Cl)(Cl)Cl)c1cc(C(C)(C)C)on1. The van der Waals surface area contributed by atoms with Crippen LogP contribution in [0.2, 0.25) is 0 Å². The second-order valence-corrected chi connectivity index (χ2v) is 9.42. The van der Waals surface area contributed by atoms with Gasteiger partial charge in [0.25, 0.3) is 3.12 Å². The van der Waals surface area contributed by atoms with Crippen molar-refractivity contribution in [3.63, 3.8) is 0 Å². The Morgan fingerprint density at radius 3 is 2.20 bits per heavy atom. The second-order valence-electron chi connectivity index (χ2n) is 5.31. The highest BCUT2D eigenvalue weighted by atomic mass is 35.6. The molecule has 0 aromatic carbocycles. The third kappa shape index (κ3) is 4.91. The van der Waals surface area contributed by atoms with E-state index in [-0.39, 0.29) is 17.3 Å². The smallest absolute Gasteiger partial charge is 0.335 e. The first-order valence-corrected chi connectivity index (χ1v) is 7.57. The summed E-state index contributed by atoms with van der Waals surface area (Å²) in [6, 6.07) is 1.28. The van der Waals surface area contributed by atoms with Crippen LogP contribution in [0.15, 0.2) is 10.6 Å². The number of carbonyl (C=O) groups is 1. The van der Waals surface area contributed by atoms with Crippen LogP contribution in [0.4, 0.5) is 10.6 Å². The van der Waals surface area contributed by atoms with Crippen molar-refractivity contribution in [1.82, 2.24) is 10.1 Å². The highest BCUT2D eigenvalue weighted by Crippen LogP contribution is 2.43. The molecule has 1 aromatic rings. The molecule has 0 radical (unpaired) electrons. The molecule has 0 saturated carbocycles. The summed E-state index contributed by atoms with van der Waals surface area (Å²) >= 11 is 18.0. The predicted octanol–water partition coefficient (Wildman–Crippen LogP) is 4.44. The van der Waals surface area contributed by atoms with Crippen LogP contribution in [0, 0.1) is 0 Å². The lowest BCUT2D eigenvalue weighted by Gasteiger charge is -2.24. The Bertz CT molecular complexity index is 480. The Morgan fingerprint density at radius 2 is 1.85 bits per heavy atom. The van der Waals surface area contributed by atoms with E-state index in [0.29, 0.717) is 5.76 Å². The average Bonchev–Trinajstić information content (AvgIpc) is 2.72. The Balaban J connectivity index is 3.11. The van der Waals surface area contributed by atoms with Gasteiger partial charge in [-0.15, -0.1) is 0 Å². The monoisotopic (exact) mass is 359 g/mol. The summed E-state index contributed by atoms with van der Waals surface area (Å²) in [6.07, 6.45) is 0. The van der Waals surface area contributed by atoms with Crippen LogP contribution in [0.5, 0.6) is 0 Å². The number of hydrogen-bond donors (Lipinski definition) is 0. The topological polar surface area (TPSA) is 49.6 Å². The van der Waals surface area contributed by atoms with Gasteiger partial charge < -0.3 is 9.42 Å². The van der Waals surface area contributed by atoms with E-state index in [1.165, 1.54) is 9.21 Å². The lowest BCUT2D eigenvalue weighted by molar-refractivity contribution is 0.227. The molecule has 20 heavy (non-hydrogen) atoms. The lowest BCUT2D eigenvalue weighted by Crippen LogP contribution is -2.36. The Hall–Kier alpha value is -0.300. The van der Waals surface area contributed by atoms with E-state index in [2.05, 4.69) is 5.16 Å². The molecule has 114 valence electrons. The van der Waals surface area contributed by atoms with Gasteiger partial charge in [0.2, 0.25) is 0 Å². The van der Waals surface area contributed by atoms with E-state index in [4.69, 9.17) is 39.3 Å². The minimum Gasteiger partial charge on any atom is -0.359 e. The summed E-state index contributed by atoms with van der Waals surface area (Å²) in [7, 11) is 3.19. The fourth-order valence-corrected chi connectivity index (χ4v) is 2.43. The van der Waals surface area contributed by atoms with E-state index in [0.717, 1.165) is 11.9 Å². The molecule has 0 aliphatic heterocycles. The molecule has 0 atom stereocenters. The summed E-state index contributed by atoms with van der Waals surface area (Å²) < 4.78 is 4.75. The number of amides is 2. The van der Waals surface area contributed by atoms with Gasteiger partial charge in [-0.3, -0.25) is 0 Å². The Labute approximate surface area is 137 Å². The maximum Gasteiger partial charge on any atom is 0.335 e. The van der Waals surface area contributed by atoms with Crippen LogP contribution in [0.1, 0.15) is 26.5 Å². The predicted molar refractivity (Wildman–Crippen MR) is 84.6 cm³/mol. The minimum absolute atomic E-state index is 0.233. The van der Waals surface area contributed by atoms with Gasteiger partial charge >= 0.3 is 6.03 Å². The largest absolute Gasteiger partial charge is 0.359 e. The highest BCUT2D eigenvalue weighted by molar-refractivity contribution is 8.06. The Morgan fingerprint density at radius 1 is 1.30 bits per heavy atom. The number of nitrogens with zero attached hydrogens (tertiary/aromatic N) is 3. The van der Waals surface area contributed by atoms with Crippen LogP contribution in [0.3, 0.4) is 0 Å². The van der Waals surface area contributed by atoms with Gasteiger partial charge in [0, 0.05) is 37.5 Å². The molecule has 0 fully saturated rings. The molecule has 0 spiro atoms. The molecular weight excluding hydrogens is 345 g/mol. The van der Waals surface area contributed by atoms with Gasteiger partial charge in [-0.05, 0) is 0 Å². The van der Waals surface area contributed by atoms with Crippen molar-refractivity contribution in [2.75, 3.05) is 18.4 Å². The summed E-state index contributed by atoms with van der Waals surface area (Å²) in [5.74, 6) is 0.916. The molecule has 9 heteroatoms. The van der Waals surface area contributed by atoms with Crippen molar-refractivity contribution >= 4 is 58.6 Å². The lowest BCUT2D eigenvalue weighted by atomic mass is 9.93. The van der Waals surface area contributed by atoms with Crippen molar-refractivity contribution in [3.05, 3.63) is 11.8 Å². The number of urea groups is 1. The third-order valence-electron chi connectivity index (χ3n) is 2.20. The molecule has 0 unspecified atom stereocenters. The average molecular weight is 361 g/mol. The first-order chi connectivity index (χ1) is 8.92. The Kier molecular flexibility index (Phi) is 5.52. The van der Waals surface area contributed by atoms with Crippen molar-refractivity contribution in [3.8, 4) is 0 Å². The molecule has 1 heterocycles. The number of hydrogen-bond acceptors (Lipinski definition) is 4. The van der Waals surface area contributed by atoms with Gasteiger partial charge in [-0.2, -0.15) is 0 Å². The van der Waals surface area contributed by atoms with Gasteiger partial charge in [0.15, 0.2) is 5.82 Å². The fourth-order valence-electron chi connectivity index (χ4n) is 1.18. The number of rotatable bonds is 2. The maximum atomic E-state index is 12.2. The van der Waals surface area contributed by atoms with E-state index < -0.39 is 3.12 Å². The molecule has 1 rings (SSSR count). The summed E-state index contributed by atoms with van der Waals surface area (Å²) in [6.45, 7) is 5.91.